The van der Waals surface area contributed by atoms with Gasteiger partial charge in [-0.3, -0.25) is 19.4 Å². The van der Waals surface area contributed by atoms with Crippen molar-refractivity contribution in [3.63, 3.8) is 0 Å². The Morgan fingerprint density at radius 1 is 1.02 bits per heavy atom. The molecule has 0 spiro atoms. The number of aliphatic hydroxyl groups excluding tert-OH is 1. The zero-order valence-corrected chi connectivity index (χ0v) is 31.8. The maximum Gasteiger partial charge on any atom is 0.306 e. The van der Waals surface area contributed by atoms with Crippen LogP contribution in [0.1, 0.15) is 70.8 Å². The lowest BCUT2D eigenvalue weighted by molar-refractivity contribution is -0.143. The molecule has 2 fully saturated rings. The van der Waals surface area contributed by atoms with Crippen molar-refractivity contribution in [3.8, 4) is 28.7 Å². The summed E-state index contributed by atoms with van der Waals surface area (Å²) in [7, 11) is 1.88. The van der Waals surface area contributed by atoms with Crippen LogP contribution in [-0.2, 0) is 31.4 Å². The summed E-state index contributed by atoms with van der Waals surface area (Å²) in [5.41, 5.74) is 8.00. The van der Waals surface area contributed by atoms with Crippen molar-refractivity contribution in [2.75, 3.05) is 31.5 Å². The largest absolute Gasteiger partial charge is 0.481 e. The predicted molar refractivity (Wildman–Crippen MR) is 208 cm³/mol. The Morgan fingerprint density at radius 2 is 1.78 bits per heavy atom. The van der Waals surface area contributed by atoms with Crippen molar-refractivity contribution in [1.82, 2.24) is 24.3 Å². The summed E-state index contributed by atoms with van der Waals surface area (Å²) in [4.78, 5) is 39.3. The van der Waals surface area contributed by atoms with E-state index in [1.807, 2.05) is 61.0 Å². The summed E-state index contributed by atoms with van der Waals surface area (Å²) in [5, 5.41) is 32.7. The molecule has 1 amide bonds. The fraction of sp³-hybridized carbons (Fsp3) is 0.405. The van der Waals surface area contributed by atoms with Gasteiger partial charge in [0.05, 0.1) is 34.0 Å². The van der Waals surface area contributed by atoms with Crippen molar-refractivity contribution >= 4 is 40.3 Å². The van der Waals surface area contributed by atoms with Gasteiger partial charge in [0.25, 0.3) is 5.91 Å². The van der Waals surface area contributed by atoms with Gasteiger partial charge in [0.1, 0.15) is 11.6 Å². The molecule has 1 atom stereocenters. The van der Waals surface area contributed by atoms with E-state index < -0.39 is 5.97 Å². The maximum atomic E-state index is 13.7. The van der Waals surface area contributed by atoms with Crippen LogP contribution in [0.25, 0.3) is 33.7 Å². The number of carboxylic acid groups (broad SMARTS) is 1. The molecular formula is C42H44ClN7O5. The number of aromatic nitrogens is 3. The molecule has 8 rings (SSSR count). The summed E-state index contributed by atoms with van der Waals surface area (Å²) in [5.74, 6) is -0.0630. The minimum Gasteiger partial charge on any atom is -0.481 e. The normalized spacial score (nSPS) is 20.4. The number of rotatable bonds is 9. The Morgan fingerprint density at radius 3 is 2.53 bits per heavy atom. The Bertz CT molecular complexity index is 2340. The van der Waals surface area contributed by atoms with E-state index in [9.17, 15) is 25.1 Å². The van der Waals surface area contributed by atoms with Gasteiger partial charge in [0.2, 0.25) is 5.89 Å². The molecule has 5 aromatic rings. The van der Waals surface area contributed by atoms with E-state index in [0.717, 1.165) is 97.4 Å². The summed E-state index contributed by atoms with van der Waals surface area (Å²) < 4.78 is 8.12. The van der Waals surface area contributed by atoms with E-state index in [1.54, 1.807) is 6.07 Å². The van der Waals surface area contributed by atoms with Crippen molar-refractivity contribution in [3.05, 3.63) is 87.5 Å². The Hall–Kier alpha value is -5.06. The number of carboxylic acids is 1. The minimum atomic E-state index is -0.684. The highest BCUT2D eigenvalue weighted by Gasteiger charge is 2.31. The third kappa shape index (κ3) is 7.37. The lowest BCUT2D eigenvalue weighted by Crippen LogP contribution is -2.36. The number of imidazole rings is 1. The molecule has 1 saturated heterocycles. The van der Waals surface area contributed by atoms with Crippen LogP contribution >= 0.6 is 11.6 Å². The molecule has 2 aliphatic heterocycles. The zero-order valence-electron chi connectivity index (χ0n) is 31.0. The quantitative estimate of drug-likeness (QED) is 0.146. The third-order valence-corrected chi connectivity index (χ3v) is 12.1. The number of benzene rings is 3. The predicted octanol–water partition coefficient (Wildman–Crippen LogP) is 6.80. The molecule has 0 bridgehead atoms. The zero-order chi connectivity index (χ0) is 38.4. The number of anilines is 1. The van der Waals surface area contributed by atoms with Gasteiger partial charge in [-0.1, -0.05) is 35.9 Å². The van der Waals surface area contributed by atoms with Gasteiger partial charge in [0.15, 0.2) is 11.4 Å². The number of nitriles is 1. The van der Waals surface area contributed by atoms with Crippen LogP contribution in [0.3, 0.4) is 0 Å². The fourth-order valence-corrected chi connectivity index (χ4v) is 8.94. The number of β-amino-alcohol motifs (C(OH)–C–C–N with tert-alkyl or cyclic N) is 1. The van der Waals surface area contributed by atoms with Crippen LogP contribution < -0.4 is 5.32 Å². The van der Waals surface area contributed by atoms with Crippen molar-refractivity contribution < 1.29 is 24.2 Å². The highest BCUT2D eigenvalue weighted by molar-refractivity contribution is 6.36. The van der Waals surface area contributed by atoms with Gasteiger partial charge in [-0.15, -0.1) is 0 Å². The highest BCUT2D eigenvalue weighted by Crippen LogP contribution is 2.40. The second-order valence-electron chi connectivity index (χ2n) is 15.3. The number of halogens is 1. The SMILES string of the molecule is Cc1c(-c2nc3cc(CN4CC[C@@H](O)C4)cc(C#N)c3o2)cccc1-c1cccc(NC(=O)c2nc3c(n2C)CCN(C[C@H]2CC[C@@H](C(=O)O)CC2)C3)c1Cl. The number of likely N-dealkylation sites (tertiary alicyclic amines) is 1. The first-order valence-electron chi connectivity index (χ1n) is 19.0. The summed E-state index contributed by atoms with van der Waals surface area (Å²) >= 11 is 7.05. The number of nitrogens with zero attached hydrogens (tertiary/aromatic N) is 6. The number of nitrogens with one attached hydrogen (secondary N) is 1. The van der Waals surface area contributed by atoms with Gasteiger partial charge in [-0.05, 0) is 85.9 Å². The van der Waals surface area contributed by atoms with E-state index in [0.29, 0.717) is 64.6 Å². The molecule has 55 heavy (non-hydrogen) atoms. The molecule has 0 radical (unpaired) electrons. The first kappa shape index (κ1) is 36.9. The first-order valence-corrected chi connectivity index (χ1v) is 19.4. The molecule has 3 N–H and O–H groups in total. The van der Waals surface area contributed by atoms with Gasteiger partial charge in [0, 0.05) is 69.6 Å². The highest BCUT2D eigenvalue weighted by atomic mass is 35.5. The van der Waals surface area contributed by atoms with Crippen molar-refractivity contribution in [2.45, 2.75) is 64.6 Å². The van der Waals surface area contributed by atoms with Crippen molar-refractivity contribution in [1.29, 1.82) is 5.26 Å². The molecular weight excluding hydrogens is 718 g/mol. The molecule has 12 nitrogen and oxygen atoms in total. The molecule has 3 aliphatic rings. The van der Waals surface area contributed by atoms with Gasteiger partial charge in [-0.25, -0.2) is 9.97 Å². The van der Waals surface area contributed by atoms with E-state index in [1.165, 1.54) is 0 Å². The summed E-state index contributed by atoms with van der Waals surface area (Å²) in [6.45, 7) is 6.43. The molecule has 1 saturated carbocycles. The van der Waals surface area contributed by atoms with Gasteiger partial charge < -0.3 is 24.5 Å². The second-order valence-corrected chi connectivity index (χ2v) is 15.7. The minimum absolute atomic E-state index is 0.221. The molecule has 0 unspecified atom stereocenters. The number of aliphatic hydroxyl groups is 1. The third-order valence-electron chi connectivity index (χ3n) is 11.7. The fourth-order valence-electron chi connectivity index (χ4n) is 8.67. The molecule has 13 heteroatoms. The second kappa shape index (κ2) is 15.2. The number of oxazole rings is 1. The van der Waals surface area contributed by atoms with Gasteiger partial charge >= 0.3 is 5.97 Å². The number of hydrogen-bond acceptors (Lipinski definition) is 9. The number of carbonyl (C=O) groups excluding carboxylic acids is 1. The van der Waals surface area contributed by atoms with Gasteiger partial charge in [-0.2, -0.15) is 5.26 Å². The Labute approximate surface area is 324 Å². The number of carbonyl (C=O) groups is 2. The number of amides is 1. The average molecular weight is 762 g/mol. The summed E-state index contributed by atoms with van der Waals surface area (Å²) in [6, 6.07) is 17.4. The summed E-state index contributed by atoms with van der Waals surface area (Å²) in [6.07, 6.45) is 4.51. The number of fused-ring (bicyclic) bond motifs is 2. The standard InChI is InChI=1S/C42H44ClN7O5/c1-24-30(5-3-6-31(24)41-47-34-18-26(17-28(19-44)38(34)55-41)21-49-15-13-29(51)22-49)32-7-4-8-33(37(32)43)46-40(52)39-45-35-23-50(16-14-36(35)48(39)2)20-25-9-11-27(12-10-25)42(53)54/h3-8,17-18,25,27,29,51H,9-16,20-23H2,1-2H3,(H,46,52)(H,53,54)/t25-,27+,29-/m1/s1. The Kier molecular flexibility index (Phi) is 10.2. The molecule has 1 aliphatic carbocycles. The van der Waals surface area contributed by atoms with E-state index >= 15 is 0 Å². The number of hydrogen-bond donors (Lipinski definition) is 3. The number of aliphatic carboxylic acids is 1. The first-order chi connectivity index (χ1) is 26.6. The monoisotopic (exact) mass is 761 g/mol. The molecule has 284 valence electrons. The molecule has 4 heterocycles. The Balaban J connectivity index is 0.994. The lowest BCUT2D eigenvalue weighted by Gasteiger charge is -2.33. The van der Waals surface area contributed by atoms with E-state index in [2.05, 4.69) is 21.2 Å². The molecule has 2 aromatic heterocycles. The van der Waals surface area contributed by atoms with E-state index in [4.69, 9.17) is 26.0 Å². The topological polar surface area (TPSA) is 161 Å². The van der Waals surface area contributed by atoms with Crippen molar-refractivity contribution in [2.24, 2.45) is 18.9 Å². The maximum absolute atomic E-state index is 13.7. The van der Waals surface area contributed by atoms with Crippen LogP contribution in [0.5, 0.6) is 0 Å². The van der Waals surface area contributed by atoms with E-state index in [-0.39, 0.29) is 17.9 Å². The lowest BCUT2D eigenvalue weighted by atomic mass is 9.81. The van der Waals surface area contributed by atoms with Crippen LogP contribution in [0, 0.1) is 30.1 Å². The average Bonchev–Trinajstić information content (AvgIpc) is 3.88. The van der Waals surface area contributed by atoms with Crippen LogP contribution in [0.2, 0.25) is 5.02 Å². The van der Waals surface area contributed by atoms with Crippen LogP contribution in [0.4, 0.5) is 5.69 Å². The van der Waals surface area contributed by atoms with Crippen LogP contribution in [-0.4, -0.2) is 78.7 Å². The van der Waals surface area contributed by atoms with Crippen LogP contribution in [0.15, 0.2) is 52.9 Å². The smallest absolute Gasteiger partial charge is 0.306 e. The molecule has 3 aromatic carbocycles.